The highest BCUT2D eigenvalue weighted by atomic mass is 16.5. The van der Waals surface area contributed by atoms with Crippen LogP contribution in [0.25, 0.3) is 21.9 Å². The highest BCUT2D eigenvalue weighted by Crippen LogP contribution is 2.30. The number of carbonyl (C=O) groups is 1. The first-order valence-electron chi connectivity index (χ1n) is 7.62. The van der Waals surface area contributed by atoms with Crippen molar-refractivity contribution in [3.8, 4) is 5.75 Å². The molecule has 0 aliphatic heterocycles. The van der Waals surface area contributed by atoms with Crippen LogP contribution < -0.4 is 10.1 Å². The Morgan fingerprint density at radius 3 is 2.54 bits per heavy atom. The standard InChI is InChI=1S/C20H15NO3/c1-23-19-9-5-3-7-16(19)21-20(22)13-10-11-18-15(12-13)14-6-2-4-8-17(14)24-18/h2-12H,1H3,(H,21,22). The van der Waals surface area contributed by atoms with Gasteiger partial charge >= 0.3 is 0 Å². The van der Waals surface area contributed by atoms with Gasteiger partial charge in [0.1, 0.15) is 16.9 Å². The molecule has 4 nitrogen and oxygen atoms in total. The molecule has 0 bridgehead atoms. The van der Waals surface area contributed by atoms with Crippen molar-refractivity contribution in [1.82, 2.24) is 0 Å². The van der Waals surface area contributed by atoms with Gasteiger partial charge in [0.2, 0.25) is 0 Å². The molecule has 0 aliphatic carbocycles. The van der Waals surface area contributed by atoms with E-state index >= 15 is 0 Å². The SMILES string of the molecule is COc1ccccc1NC(=O)c1ccc2oc3ccccc3c2c1. The Morgan fingerprint density at radius 2 is 1.67 bits per heavy atom. The zero-order chi connectivity index (χ0) is 16.5. The van der Waals surface area contributed by atoms with Crippen molar-refractivity contribution in [1.29, 1.82) is 0 Å². The molecule has 4 heteroatoms. The van der Waals surface area contributed by atoms with Gasteiger partial charge < -0.3 is 14.5 Å². The number of ether oxygens (including phenoxy) is 1. The molecular formula is C20H15NO3. The van der Waals surface area contributed by atoms with E-state index in [1.165, 1.54) is 0 Å². The lowest BCUT2D eigenvalue weighted by molar-refractivity contribution is 0.102. The molecule has 4 rings (SSSR count). The third-order valence-electron chi connectivity index (χ3n) is 3.99. The Bertz CT molecular complexity index is 1050. The van der Waals surface area contributed by atoms with Gasteiger partial charge in [0.05, 0.1) is 12.8 Å². The van der Waals surface area contributed by atoms with Gasteiger partial charge in [0.15, 0.2) is 0 Å². The maximum absolute atomic E-state index is 12.6. The quantitative estimate of drug-likeness (QED) is 0.588. The molecule has 0 saturated carbocycles. The first-order valence-corrected chi connectivity index (χ1v) is 7.62. The monoisotopic (exact) mass is 317 g/mol. The van der Waals surface area contributed by atoms with E-state index in [0.29, 0.717) is 17.0 Å². The molecule has 4 aromatic rings. The van der Waals surface area contributed by atoms with Crippen LogP contribution >= 0.6 is 0 Å². The van der Waals surface area contributed by atoms with Crippen molar-refractivity contribution < 1.29 is 13.9 Å². The summed E-state index contributed by atoms with van der Waals surface area (Å²) in [6.45, 7) is 0. The number of methoxy groups -OCH3 is 1. The predicted octanol–water partition coefficient (Wildman–Crippen LogP) is 4.85. The molecule has 0 aliphatic rings. The molecule has 1 heterocycles. The fraction of sp³-hybridized carbons (Fsp3) is 0.0500. The molecule has 0 saturated heterocycles. The van der Waals surface area contributed by atoms with Crippen LogP contribution in [0.1, 0.15) is 10.4 Å². The van der Waals surface area contributed by atoms with Crippen LogP contribution in [0.4, 0.5) is 5.69 Å². The zero-order valence-electron chi connectivity index (χ0n) is 13.1. The Labute approximate surface area is 138 Å². The second-order valence-corrected chi connectivity index (χ2v) is 5.46. The Morgan fingerprint density at radius 1 is 0.917 bits per heavy atom. The predicted molar refractivity (Wildman–Crippen MR) is 94.7 cm³/mol. The van der Waals surface area contributed by atoms with E-state index in [-0.39, 0.29) is 5.91 Å². The maximum Gasteiger partial charge on any atom is 0.255 e. The van der Waals surface area contributed by atoms with Crippen molar-refractivity contribution >= 4 is 33.5 Å². The number of hydrogen-bond donors (Lipinski definition) is 1. The Kier molecular flexibility index (Phi) is 3.43. The molecule has 0 atom stereocenters. The molecule has 0 unspecified atom stereocenters. The number of fused-ring (bicyclic) bond motifs is 3. The minimum absolute atomic E-state index is 0.188. The van der Waals surface area contributed by atoms with Crippen LogP contribution in [0.15, 0.2) is 71.1 Å². The van der Waals surface area contributed by atoms with E-state index in [2.05, 4.69) is 5.32 Å². The number of amides is 1. The van der Waals surface area contributed by atoms with Crippen LogP contribution in [0.5, 0.6) is 5.75 Å². The number of anilines is 1. The van der Waals surface area contributed by atoms with E-state index in [9.17, 15) is 4.79 Å². The van der Waals surface area contributed by atoms with Crippen LogP contribution in [-0.2, 0) is 0 Å². The lowest BCUT2D eigenvalue weighted by Crippen LogP contribution is -2.12. The summed E-state index contributed by atoms with van der Waals surface area (Å²) in [4.78, 5) is 12.6. The maximum atomic E-state index is 12.6. The molecule has 0 fully saturated rings. The summed E-state index contributed by atoms with van der Waals surface area (Å²) in [6.07, 6.45) is 0. The van der Waals surface area contributed by atoms with Crippen molar-refractivity contribution in [2.45, 2.75) is 0 Å². The van der Waals surface area contributed by atoms with Gasteiger partial charge in [-0.15, -0.1) is 0 Å². The number of para-hydroxylation sites is 3. The smallest absolute Gasteiger partial charge is 0.255 e. The summed E-state index contributed by atoms with van der Waals surface area (Å²) >= 11 is 0. The molecule has 0 spiro atoms. The normalized spacial score (nSPS) is 10.9. The number of carbonyl (C=O) groups excluding carboxylic acids is 1. The molecule has 118 valence electrons. The molecule has 0 radical (unpaired) electrons. The fourth-order valence-corrected chi connectivity index (χ4v) is 2.81. The van der Waals surface area contributed by atoms with E-state index in [1.807, 2.05) is 60.7 Å². The second kappa shape index (κ2) is 5.74. The molecule has 1 N–H and O–H groups in total. The van der Waals surface area contributed by atoms with Gasteiger partial charge in [0, 0.05) is 16.3 Å². The zero-order valence-corrected chi connectivity index (χ0v) is 13.1. The summed E-state index contributed by atoms with van der Waals surface area (Å²) in [6, 6.07) is 20.6. The van der Waals surface area contributed by atoms with Crippen LogP contribution in [0, 0.1) is 0 Å². The van der Waals surface area contributed by atoms with Gasteiger partial charge in [-0.25, -0.2) is 0 Å². The summed E-state index contributed by atoms with van der Waals surface area (Å²) in [5.41, 5.74) is 2.79. The first kappa shape index (κ1) is 14.3. The third-order valence-corrected chi connectivity index (χ3v) is 3.99. The van der Waals surface area contributed by atoms with Crippen LogP contribution in [0.2, 0.25) is 0 Å². The van der Waals surface area contributed by atoms with Gasteiger partial charge in [0.25, 0.3) is 5.91 Å². The second-order valence-electron chi connectivity index (χ2n) is 5.46. The van der Waals surface area contributed by atoms with Crippen LogP contribution in [-0.4, -0.2) is 13.0 Å². The van der Waals surface area contributed by atoms with Crippen LogP contribution in [0.3, 0.4) is 0 Å². The van der Waals surface area contributed by atoms with E-state index in [0.717, 1.165) is 21.9 Å². The number of benzene rings is 3. The summed E-state index contributed by atoms with van der Waals surface area (Å²) < 4.78 is 11.1. The van der Waals surface area contributed by atoms with Gasteiger partial charge in [-0.2, -0.15) is 0 Å². The molecule has 1 amide bonds. The minimum atomic E-state index is -0.188. The third kappa shape index (κ3) is 2.38. The number of nitrogens with one attached hydrogen (secondary N) is 1. The largest absolute Gasteiger partial charge is 0.495 e. The average molecular weight is 317 g/mol. The van der Waals surface area contributed by atoms with Gasteiger partial charge in [-0.05, 0) is 36.4 Å². The number of furan rings is 1. The number of hydrogen-bond acceptors (Lipinski definition) is 3. The average Bonchev–Trinajstić information content (AvgIpc) is 3.00. The van der Waals surface area contributed by atoms with E-state index in [1.54, 1.807) is 13.2 Å². The van der Waals surface area contributed by atoms with Crippen molar-refractivity contribution in [3.05, 3.63) is 72.3 Å². The summed E-state index contributed by atoms with van der Waals surface area (Å²) in [5, 5.41) is 4.82. The van der Waals surface area contributed by atoms with Crippen molar-refractivity contribution in [3.63, 3.8) is 0 Å². The topological polar surface area (TPSA) is 51.5 Å². The minimum Gasteiger partial charge on any atom is -0.495 e. The molecular weight excluding hydrogens is 302 g/mol. The first-order chi connectivity index (χ1) is 11.8. The number of rotatable bonds is 3. The highest BCUT2D eigenvalue weighted by molar-refractivity contribution is 6.11. The molecule has 3 aromatic carbocycles. The molecule has 24 heavy (non-hydrogen) atoms. The Balaban J connectivity index is 1.73. The summed E-state index contributed by atoms with van der Waals surface area (Å²) in [5.74, 6) is 0.437. The van der Waals surface area contributed by atoms with Crippen molar-refractivity contribution in [2.24, 2.45) is 0 Å². The van der Waals surface area contributed by atoms with Crippen molar-refractivity contribution in [2.75, 3.05) is 12.4 Å². The van der Waals surface area contributed by atoms with Gasteiger partial charge in [-0.3, -0.25) is 4.79 Å². The highest BCUT2D eigenvalue weighted by Gasteiger charge is 2.12. The van der Waals surface area contributed by atoms with Gasteiger partial charge in [-0.1, -0.05) is 30.3 Å². The molecule has 1 aromatic heterocycles. The van der Waals surface area contributed by atoms with E-state index in [4.69, 9.17) is 9.15 Å². The van der Waals surface area contributed by atoms with E-state index < -0.39 is 0 Å². The lowest BCUT2D eigenvalue weighted by atomic mass is 10.1. The fourth-order valence-electron chi connectivity index (χ4n) is 2.81. The Hall–Kier alpha value is -3.27. The summed E-state index contributed by atoms with van der Waals surface area (Å²) in [7, 11) is 1.58. The lowest BCUT2D eigenvalue weighted by Gasteiger charge is -2.09.